The summed E-state index contributed by atoms with van der Waals surface area (Å²) in [7, 11) is 0. The van der Waals surface area contributed by atoms with Crippen LogP contribution in [0.15, 0.2) is 48.7 Å². The minimum Gasteiger partial charge on any atom is -0.341 e. The molecular formula is C17H19N3. The van der Waals surface area contributed by atoms with Crippen LogP contribution < -0.4 is 5.73 Å². The number of hydrogen-bond donors (Lipinski definition) is 2. The Morgan fingerprint density at radius 1 is 1.15 bits per heavy atom. The van der Waals surface area contributed by atoms with Gasteiger partial charge in [-0.1, -0.05) is 49.7 Å². The summed E-state index contributed by atoms with van der Waals surface area (Å²) < 4.78 is 0. The van der Waals surface area contributed by atoms with Gasteiger partial charge in [0.2, 0.25) is 0 Å². The lowest BCUT2D eigenvalue weighted by Gasteiger charge is -2.06. The molecule has 0 fully saturated rings. The molecule has 3 heteroatoms. The van der Waals surface area contributed by atoms with Gasteiger partial charge in [-0.25, -0.2) is 4.98 Å². The van der Waals surface area contributed by atoms with Crippen molar-refractivity contribution in [3.05, 3.63) is 54.5 Å². The van der Waals surface area contributed by atoms with E-state index in [4.69, 9.17) is 5.73 Å². The topological polar surface area (TPSA) is 54.7 Å². The Labute approximate surface area is 118 Å². The molecule has 1 aromatic heterocycles. The largest absolute Gasteiger partial charge is 0.341 e. The number of aromatic amines is 1. The van der Waals surface area contributed by atoms with E-state index in [2.05, 4.69) is 59.4 Å². The molecular weight excluding hydrogens is 246 g/mol. The fourth-order valence-electron chi connectivity index (χ4n) is 2.48. The van der Waals surface area contributed by atoms with Crippen molar-refractivity contribution in [1.29, 1.82) is 0 Å². The van der Waals surface area contributed by atoms with E-state index in [1.54, 1.807) is 0 Å². The Hall–Kier alpha value is -2.13. The van der Waals surface area contributed by atoms with Gasteiger partial charge < -0.3 is 10.7 Å². The normalized spacial score (nSPS) is 12.7. The Bertz CT molecular complexity index is 715. The number of nitrogens with two attached hydrogens (primary N) is 1. The molecule has 2 aromatic carbocycles. The van der Waals surface area contributed by atoms with Crippen molar-refractivity contribution >= 4 is 10.8 Å². The number of imidazole rings is 1. The summed E-state index contributed by atoms with van der Waals surface area (Å²) in [6.45, 7) is 2.13. The molecule has 0 aliphatic carbocycles. The molecule has 1 unspecified atom stereocenters. The van der Waals surface area contributed by atoms with Gasteiger partial charge in [-0.3, -0.25) is 0 Å². The van der Waals surface area contributed by atoms with E-state index < -0.39 is 0 Å². The minimum atomic E-state index is -0.00536. The van der Waals surface area contributed by atoms with Crippen LogP contribution in [0.5, 0.6) is 0 Å². The van der Waals surface area contributed by atoms with E-state index in [0.29, 0.717) is 0 Å². The molecule has 0 aliphatic heterocycles. The second-order valence-electron chi connectivity index (χ2n) is 5.14. The maximum Gasteiger partial charge on any atom is 0.123 e. The monoisotopic (exact) mass is 265 g/mol. The highest BCUT2D eigenvalue weighted by atomic mass is 15.0. The van der Waals surface area contributed by atoms with Crippen molar-refractivity contribution in [3.8, 4) is 11.3 Å². The molecule has 3 nitrogen and oxygen atoms in total. The standard InChI is InChI=1S/C17H19N3/c1-2-5-15(18)17-19-11-16(20-17)14-9-8-12-6-3-4-7-13(12)10-14/h3-4,6-11,15H,2,5,18H2,1H3,(H,19,20). The van der Waals surface area contributed by atoms with Crippen molar-refractivity contribution in [2.24, 2.45) is 5.73 Å². The van der Waals surface area contributed by atoms with Crippen LogP contribution >= 0.6 is 0 Å². The SMILES string of the molecule is CCCC(N)c1ncc(-c2ccc3ccccc3c2)[nH]1. The van der Waals surface area contributed by atoms with Gasteiger partial charge in [0.1, 0.15) is 5.82 Å². The van der Waals surface area contributed by atoms with E-state index in [0.717, 1.165) is 29.9 Å². The van der Waals surface area contributed by atoms with Gasteiger partial charge in [-0.2, -0.15) is 0 Å². The maximum atomic E-state index is 6.09. The first kappa shape index (κ1) is 12.9. The Morgan fingerprint density at radius 3 is 2.75 bits per heavy atom. The van der Waals surface area contributed by atoms with E-state index in [9.17, 15) is 0 Å². The summed E-state index contributed by atoms with van der Waals surface area (Å²) in [6, 6.07) is 14.8. The van der Waals surface area contributed by atoms with Gasteiger partial charge in [0.15, 0.2) is 0 Å². The summed E-state index contributed by atoms with van der Waals surface area (Å²) in [5.74, 6) is 0.870. The Balaban J connectivity index is 1.94. The molecule has 1 atom stereocenters. The fraction of sp³-hybridized carbons (Fsp3) is 0.235. The smallest absolute Gasteiger partial charge is 0.123 e. The highest BCUT2D eigenvalue weighted by molar-refractivity contribution is 5.86. The van der Waals surface area contributed by atoms with Crippen molar-refractivity contribution < 1.29 is 0 Å². The predicted molar refractivity (Wildman–Crippen MR) is 83.4 cm³/mol. The highest BCUT2D eigenvalue weighted by Gasteiger charge is 2.10. The number of aromatic nitrogens is 2. The van der Waals surface area contributed by atoms with Crippen LogP contribution in [0, 0.1) is 0 Å². The average molecular weight is 265 g/mol. The molecule has 102 valence electrons. The van der Waals surface area contributed by atoms with Gasteiger partial charge in [0.25, 0.3) is 0 Å². The summed E-state index contributed by atoms with van der Waals surface area (Å²) >= 11 is 0. The summed E-state index contributed by atoms with van der Waals surface area (Å²) in [6.07, 6.45) is 3.88. The fourth-order valence-corrected chi connectivity index (χ4v) is 2.48. The number of hydrogen-bond acceptors (Lipinski definition) is 2. The summed E-state index contributed by atoms with van der Waals surface area (Å²) in [5.41, 5.74) is 8.26. The van der Waals surface area contributed by atoms with E-state index in [-0.39, 0.29) is 6.04 Å². The van der Waals surface area contributed by atoms with Gasteiger partial charge in [0, 0.05) is 5.56 Å². The van der Waals surface area contributed by atoms with Crippen molar-refractivity contribution in [2.75, 3.05) is 0 Å². The average Bonchev–Trinajstić information content (AvgIpc) is 2.97. The molecule has 3 rings (SSSR count). The minimum absolute atomic E-state index is 0.00536. The molecule has 0 spiro atoms. The third-order valence-corrected chi connectivity index (χ3v) is 3.61. The molecule has 0 aliphatic rings. The van der Waals surface area contributed by atoms with Crippen LogP contribution in [-0.2, 0) is 0 Å². The molecule has 20 heavy (non-hydrogen) atoms. The molecule has 3 aromatic rings. The molecule has 3 N–H and O–H groups in total. The number of nitrogens with zero attached hydrogens (tertiary/aromatic N) is 1. The van der Waals surface area contributed by atoms with Crippen LogP contribution in [0.25, 0.3) is 22.0 Å². The summed E-state index contributed by atoms with van der Waals surface area (Å²) in [5, 5.41) is 2.48. The van der Waals surface area contributed by atoms with Gasteiger partial charge in [-0.05, 0) is 23.3 Å². The van der Waals surface area contributed by atoms with Crippen molar-refractivity contribution in [2.45, 2.75) is 25.8 Å². The van der Waals surface area contributed by atoms with Crippen LogP contribution in [0.4, 0.5) is 0 Å². The summed E-state index contributed by atoms with van der Waals surface area (Å²) in [4.78, 5) is 7.75. The first-order valence-electron chi connectivity index (χ1n) is 7.07. The molecule has 0 bridgehead atoms. The number of nitrogens with one attached hydrogen (secondary N) is 1. The van der Waals surface area contributed by atoms with E-state index >= 15 is 0 Å². The lowest BCUT2D eigenvalue weighted by atomic mass is 10.1. The lowest BCUT2D eigenvalue weighted by molar-refractivity contribution is 0.609. The molecule has 0 radical (unpaired) electrons. The third kappa shape index (κ3) is 2.45. The Morgan fingerprint density at radius 2 is 1.95 bits per heavy atom. The van der Waals surface area contributed by atoms with Crippen molar-refractivity contribution in [3.63, 3.8) is 0 Å². The second kappa shape index (κ2) is 5.47. The van der Waals surface area contributed by atoms with Gasteiger partial charge in [0.05, 0.1) is 17.9 Å². The van der Waals surface area contributed by atoms with Crippen molar-refractivity contribution in [1.82, 2.24) is 9.97 Å². The zero-order valence-electron chi connectivity index (χ0n) is 11.6. The third-order valence-electron chi connectivity index (χ3n) is 3.61. The maximum absolute atomic E-state index is 6.09. The first-order valence-corrected chi connectivity index (χ1v) is 7.07. The quantitative estimate of drug-likeness (QED) is 0.748. The predicted octanol–water partition coefficient (Wildman–Crippen LogP) is 4.03. The van der Waals surface area contributed by atoms with Crippen LogP contribution in [0.1, 0.15) is 31.6 Å². The number of H-pyrrole nitrogens is 1. The van der Waals surface area contributed by atoms with E-state index in [1.165, 1.54) is 10.8 Å². The molecule has 0 saturated heterocycles. The highest BCUT2D eigenvalue weighted by Crippen LogP contribution is 2.24. The molecule has 0 amide bonds. The van der Waals surface area contributed by atoms with E-state index in [1.807, 2.05) is 6.20 Å². The second-order valence-corrected chi connectivity index (χ2v) is 5.14. The van der Waals surface area contributed by atoms with Gasteiger partial charge >= 0.3 is 0 Å². The zero-order chi connectivity index (χ0) is 13.9. The number of fused-ring (bicyclic) bond motifs is 1. The first-order chi connectivity index (χ1) is 9.78. The Kier molecular flexibility index (Phi) is 3.52. The molecule has 1 heterocycles. The van der Waals surface area contributed by atoms with Crippen LogP contribution in [-0.4, -0.2) is 9.97 Å². The number of benzene rings is 2. The lowest BCUT2D eigenvalue weighted by Crippen LogP contribution is -2.11. The van der Waals surface area contributed by atoms with Crippen LogP contribution in [0.2, 0.25) is 0 Å². The van der Waals surface area contributed by atoms with Gasteiger partial charge in [-0.15, -0.1) is 0 Å². The van der Waals surface area contributed by atoms with Crippen LogP contribution in [0.3, 0.4) is 0 Å². The zero-order valence-corrected chi connectivity index (χ0v) is 11.6. The number of rotatable bonds is 4. The molecule has 0 saturated carbocycles.